The van der Waals surface area contributed by atoms with Gasteiger partial charge in [0, 0.05) is 44.8 Å². The lowest BCUT2D eigenvalue weighted by atomic mass is 10.0. The van der Waals surface area contributed by atoms with Gasteiger partial charge < -0.3 is 9.32 Å². The molecule has 0 saturated carbocycles. The number of benzene rings is 1. The number of para-hydroxylation sites is 1. The van der Waals surface area contributed by atoms with E-state index in [2.05, 4.69) is 20.0 Å². The Labute approximate surface area is 159 Å². The predicted molar refractivity (Wildman–Crippen MR) is 102 cm³/mol. The van der Waals surface area contributed by atoms with Crippen LogP contribution in [0.25, 0.3) is 0 Å². The van der Waals surface area contributed by atoms with Crippen molar-refractivity contribution in [1.82, 2.24) is 20.0 Å². The van der Waals surface area contributed by atoms with Crippen molar-refractivity contribution in [3.05, 3.63) is 42.1 Å². The van der Waals surface area contributed by atoms with Gasteiger partial charge in [-0.2, -0.15) is 0 Å². The Balaban J connectivity index is 1.34. The Morgan fingerprint density at radius 2 is 1.78 bits per heavy atom. The van der Waals surface area contributed by atoms with Gasteiger partial charge >= 0.3 is 0 Å². The predicted octanol–water partition coefficient (Wildman–Crippen LogP) is 1.95. The molecule has 2 saturated heterocycles. The molecule has 1 aromatic carbocycles. The van der Waals surface area contributed by atoms with Crippen LogP contribution in [-0.4, -0.2) is 64.7 Å². The molecule has 0 bridgehead atoms. The van der Waals surface area contributed by atoms with Crippen LogP contribution in [0, 0.1) is 0 Å². The number of piperidine rings is 1. The molecule has 144 valence electrons. The maximum absolute atomic E-state index is 13.1. The number of carbonyl (C=O) groups is 1. The highest BCUT2D eigenvalue weighted by atomic mass is 16.4. The van der Waals surface area contributed by atoms with Gasteiger partial charge in [0.2, 0.25) is 17.7 Å². The van der Waals surface area contributed by atoms with Gasteiger partial charge in [-0.05, 0) is 25.0 Å². The molecule has 3 heterocycles. The van der Waals surface area contributed by atoms with Gasteiger partial charge in [-0.1, -0.05) is 25.1 Å². The maximum atomic E-state index is 13.1. The van der Waals surface area contributed by atoms with Crippen LogP contribution in [0.1, 0.15) is 31.5 Å². The highest BCUT2D eigenvalue weighted by molar-refractivity contribution is 5.97. The highest BCUT2D eigenvalue weighted by Crippen LogP contribution is 2.24. The number of rotatable bonds is 5. The molecule has 0 aliphatic carbocycles. The van der Waals surface area contributed by atoms with Crippen molar-refractivity contribution in [2.75, 3.05) is 37.6 Å². The minimum atomic E-state index is -0.00351. The van der Waals surface area contributed by atoms with Crippen LogP contribution in [-0.2, 0) is 17.8 Å². The smallest absolute Gasteiger partial charge is 0.244 e. The molecule has 4 rings (SSSR count). The van der Waals surface area contributed by atoms with E-state index in [0.29, 0.717) is 18.3 Å². The van der Waals surface area contributed by atoms with Crippen LogP contribution >= 0.6 is 0 Å². The number of hydrogen-bond acceptors (Lipinski definition) is 6. The van der Waals surface area contributed by atoms with E-state index in [9.17, 15) is 4.79 Å². The standard InChI is InChI=1S/C20H27N5O2/c1-2-18-21-22-19(27-18)15-23-11-13-24(14-12-23)17-9-6-10-25(20(17)26)16-7-4-3-5-8-16/h3-5,7-8,17H,2,6,9-15H2,1H3/t17-/m1/s1. The lowest BCUT2D eigenvalue weighted by Crippen LogP contribution is -2.57. The summed E-state index contributed by atoms with van der Waals surface area (Å²) in [5.74, 6) is 1.62. The van der Waals surface area contributed by atoms with Crippen LogP contribution < -0.4 is 4.90 Å². The van der Waals surface area contributed by atoms with E-state index in [-0.39, 0.29) is 11.9 Å². The fourth-order valence-electron chi connectivity index (χ4n) is 3.98. The number of aryl methyl sites for hydroxylation is 1. The SMILES string of the molecule is CCc1nnc(CN2CCN([C@@H]3CCCN(c4ccccc4)C3=O)CC2)o1. The number of aromatic nitrogens is 2. The summed E-state index contributed by atoms with van der Waals surface area (Å²) >= 11 is 0. The van der Waals surface area contributed by atoms with Gasteiger partial charge in [0.1, 0.15) is 0 Å². The second-order valence-corrected chi connectivity index (χ2v) is 7.24. The molecule has 0 spiro atoms. The van der Waals surface area contributed by atoms with Crippen molar-refractivity contribution in [3.63, 3.8) is 0 Å². The summed E-state index contributed by atoms with van der Waals surface area (Å²) in [4.78, 5) is 19.7. The van der Waals surface area contributed by atoms with Crippen molar-refractivity contribution in [2.45, 2.75) is 38.8 Å². The molecular formula is C20H27N5O2. The van der Waals surface area contributed by atoms with Crippen LogP contribution in [0.3, 0.4) is 0 Å². The number of nitrogens with zero attached hydrogens (tertiary/aromatic N) is 5. The summed E-state index contributed by atoms with van der Waals surface area (Å²) in [5, 5.41) is 8.14. The Morgan fingerprint density at radius 3 is 2.48 bits per heavy atom. The summed E-state index contributed by atoms with van der Waals surface area (Å²) < 4.78 is 5.62. The highest BCUT2D eigenvalue weighted by Gasteiger charge is 2.35. The van der Waals surface area contributed by atoms with Crippen LogP contribution in [0.5, 0.6) is 0 Å². The molecule has 1 atom stereocenters. The van der Waals surface area contributed by atoms with E-state index in [0.717, 1.165) is 57.7 Å². The number of amides is 1. The number of anilines is 1. The van der Waals surface area contributed by atoms with Crippen molar-refractivity contribution >= 4 is 11.6 Å². The van der Waals surface area contributed by atoms with E-state index in [1.54, 1.807) is 0 Å². The molecule has 1 amide bonds. The minimum absolute atomic E-state index is 0.00351. The van der Waals surface area contributed by atoms with Gasteiger partial charge in [-0.15, -0.1) is 10.2 Å². The molecule has 1 aromatic heterocycles. The number of piperazine rings is 1. The maximum Gasteiger partial charge on any atom is 0.244 e. The quantitative estimate of drug-likeness (QED) is 0.803. The molecule has 2 aliphatic heterocycles. The first-order valence-corrected chi connectivity index (χ1v) is 9.88. The first-order chi connectivity index (χ1) is 13.2. The Kier molecular flexibility index (Phi) is 5.50. The third-order valence-electron chi connectivity index (χ3n) is 5.50. The van der Waals surface area contributed by atoms with Gasteiger partial charge in [0.25, 0.3) is 0 Å². The number of hydrogen-bond donors (Lipinski definition) is 0. The first-order valence-electron chi connectivity index (χ1n) is 9.88. The monoisotopic (exact) mass is 369 g/mol. The summed E-state index contributed by atoms with van der Waals surface area (Å²) in [5.41, 5.74) is 1.01. The largest absolute Gasteiger partial charge is 0.424 e. The van der Waals surface area contributed by atoms with E-state index >= 15 is 0 Å². The molecule has 7 heteroatoms. The lowest BCUT2D eigenvalue weighted by molar-refractivity contribution is -0.126. The van der Waals surface area contributed by atoms with Crippen molar-refractivity contribution < 1.29 is 9.21 Å². The van der Waals surface area contributed by atoms with E-state index in [1.807, 2.05) is 42.2 Å². The van der Waals surface area contributed by atoms with Gasteiger partial charge in [-0.25, -0.2) is 0 Å². The zero-order valence-electron chi connectivity index (χ0n) is 15.9. The average molecular weight is 369 g/mol. The molecule has 2 aliphatic rings. The Bertz CT molecular complexity index is 755. The fourth-order valence-corrected chi connectivity index (χ4v) is 3.98. The van der Waals surface area contributed by atoms with Crippen molar-refractivity contribution in [2.24, 2.45) is 0 Å². The zero-order valence-corrected chi connectivity index (χ0v) is 15.9. The summed E-state index contributed by atoms with van der Waals surface area (Å²) in [7, 11) is 0. The van der Waals surface area contributed by atoms with E-state index in [4.69, 9.17) is 4.42 Å². The summed E-state index contributed by atoms with van der Waals surface area (Å²) in [6, 6.07) is 10.0. The minimum Gasteiger partial charge on any atom is -0.424 e. The van der Waals surface area contributed by atoms with Crippen molar-refractivity contribution in [3.8, 4) is 0 Å². The Hall–Kier alpha value is -2.25. The lowest BCUT2D eigenvalue weighted by Gasteiger charge is -2.42. The second kappa shape index (κ2) is 8.19. The van der Waals surface area contributed by atoms with E-state index in [1.165, 1.54) is 0 Å². The molecular weight excluding hydrogens is 342 g/mol. The average Bonchev–Trinajstić information content (AvgIpc) is 3.17. The summed E-state index contributed by atoms with van der Waals surface area (Å²) in [6.45, 7) is 7.14. The Morgan fingerprint density at radius 1 is 1.04 bits per heavy atom. The molecule has 27 heavy (non-hydrogen) atoms. The zero-order chi connectivity index (χ0) is 18.6. The van der Waals surface area contributed by atoms with E-state index < -0.39 is 0 Å². The molecule has 0 N–H and O–H groups in total. The van der Waals surface area contributed by atoms with Gasteiger partial charge in [-0.3, -0.25) is 14.6 Å². The normalized spacial score (nSPS) is 22.3. The molecule has 0 radical (unpaired) electrons. The molecule has 2 fully saturated rings. The number of carbonyl (C=O) groups excluding carboxylic acids is 1. The molecule has 2 aromatic rings. The summed E-state index contributed by atoms with van der Waals surface area (Å²) in [6.07, 6.45) is 2.77. The van der Waals surface area contributed by atoms with Gasteiger partial charge in [0.05, 0.1) is 12.6 Å². The molecule has 0 unspecified atom stereocenters. The van der Waals surface area contributed by atoms with Crippen LogP contribution in [0.15, 0.2) is 34.7 Å². The topological polar surface area (TPSA) is 65.7 Å². The van der Waals surface area contributed by atoms with Crippen LogP contribution in [0.2, 0.25) is 0 Å². The molecule has 7 nitrogen and oxygen atoms in total. The fraction of sp³-hybridized carbons (Fsp3) is 0.550. The third kappa shape index (κ3) is 4.04. The van der Waals surface area contributed by atoms with Crippen molar-refractivity contribution in [1.29, 1.82) is 0 Å². The third-order valence-corrected chi connectivity index (χ3v) is 5.50. The van der Waals surface area contributed by atoms with Crippen LogP contribution in [0.4, 0.5) is 5.69 Å². The first kappa shape index (κ1) is 18.1. The second-order valence-electron chi connectivity index (χ2n) is 7.24. The van der Waals surface area contributed by atoms with Gasteiger partial charge in [0.15, 0.2) is 0 Å².